The van der Waals surface area contributed by atoms with Gasteiger partial charge < -0.3 is 5.32 Å². The van der Waals surface area contributed by atoms with Gasteiger partial charge in [-0.05, 0) is 42.7 Å². The van der Waals surface area contributed by atoms with Crippen LogP contribution >= 0.6 is 15.9 Å². The predicted octanol–water partition coefficient (Wildman–Crippen LogP) is 4.36. The zero-order valence-corrected chi connectivity index (χ0v) is 12.3. The molecular weight excluding hydrogens is 274 g/mol. The average Bonchev–Trinajstić information content (AvgIpc) is 2.32. The molecule has 3 atom stereocenters. The summed E-state index contributed by atoms with van der Waals surface area (Å²) in [6, 6.07) is 9.17. The highest BCUT2D eigenvalue weighted by molar-refractivity contribution is 9.10. The first-order valence-corrected chi connectivity index (χ1v) is 7.43. The summed E-state index contributed by atoms with van der Waals surface area (Å²) in [5.74, 6) is 1.76. The van der Waals surface area contributed by atoms with Gasteiger partial charge in [-0.25, -0.2) is 0 Å². The third kappa shape index (κ3) is 3.56. The molecule has 2 rings (SSSR count). The highest BCUT2D eigenvalue weighted by Crippen LogP contribution is 2.29. The Kier molecular flexibility index (Phi) is 4.63. The quantitative estimate of drug-likeness (QED) is 0.873. The van der Waals surface area contributed by atoms with Crippen LogP contribution in [0.25, 0.3) is 0 Å². The van der Waals surface area contributed by atoms with E-state index in [0.29, 0.717) is 6.04 Å². The summed E-state index contributed by atoms with van der Waals surface area (Å²) in [6.07, 6.45) is 4.02. The maximum Gasteiger partial charge on any atom is 0.0220 e. The van der Waals surface area contributed by atoms with Crippen LogP contribution in [0.15, 0.2) is 28.7 Å². The highest BCUT2D eigenvalue weighted by atomic mass is 79.9. The molecule has 0 aromatic heterocycles. The van der Waals surface area contributed by atoms with Crippen molar-refractivity contribution in [1.82, 2.24) is 5.32 Å². The Morgan fingerprint density at radius 2 is 1.94 bits per heavy atom. The molecule has 1 aliphatic carbocycles. The number of hydrogen-bond donors (Lipinski definition) is 1. The molecule has 1 aromatic carbocycles. The fourth-order valence-corrected chi connectivity index (χ4v) is 3.05. The monoisotopic (exact) mass is 295 g/mol. The molecule has 17 heavy (non-hydrogen) atoms. The van der Waals surface area contributed by atoms with Crippen molar-refractivity contribution in [3.8, 4) is 0 Å². The smallest absolute Gasteiger partial charge is 0.0220 e. The molecule has 0 saturated heterocycles. The highest BCUT2D eigenvalue weighted by Gasteiger charge is 2.23. The first-order valence-electron chi connectivity index (χ1n) is 6.63. The minimum atomic E-state index is 0.702. The van der Waals surface area contributed by atoms with Crippen LogP contribution in [0.1, 0.15) is 38.7 Å². The molecule has 1 saturated carbocycles. The van der Waals surface area contributed by atoms with Gasteiger partial charge in [0.05, 0.1) is 0 Å². The molecule has 0 radical (unpaired) electrons. The van der Waals surface area contributed by atoms with Crippen LogP contribution in [0.5, 0.6) is 0 Å². The van der Waals surface area contributed by atoms with E-state index in [1.165, 1.54) is 29.3 Å². The minimum Gasteiger partial charge on any atom is -0.310 e. The second-order valence-electron chi connectivity index (χ2n) is 5.44. The maximum absolute atomic E-state index is 3.70. The molecule has 0 aliphatic heterocycles. The van der Waals surface area contributed by atoms with Gasteiger partial charge in [0.15, 0.2) is 0 Å². The minimum absolute atomic E-state index is 0.702. The van der Waals surface area contributed by atoms with Crippen LogP contribution in [-0.2, 0) is 6.54 Å². The molecule has 1 nitrogen and oxygen atoms in total. The number of hydrogen-bond acceptors (Lipinski definition) is 1. The van der Waals surface area contributed by atoms with Crippen molar-refractivity contribution in [1.29, 1.82) is 0 Å². The van der Waals surface area contributed by atoms with E-state index in [9.17, 15) is 0 Å². The molecule has 1 fully saturated rings. The van der Waals surface area contributed by atoms with Crippen molar-refractivity contribution in [3.63, 3.8) is 0 Å². The average molecular weight is 296 g/mol. The van der Waals surface area contributed by atoms with Crippen LogP contribution < -0.4 is 5.32 Å². The topological polar surface area (TPSA) is 12.0 Å². The fraction of sp³-hybridized carbons (Fsp3) is 0.600. The molecule has 0 heterocycles. The van der Waals surface area contributed by atoms with Crippen molar-refractivity contribution in [2.75, 3.05) is 0 Å². The second kappa shape index (κ2) is 6.01. The van der Waals surface area contributed by atoms with Gasteiger partial charge in [-0.2, -0.15) is 0 Å². The van der Waals surface area contributed by atoms with E-state index in [0.717, 1.165) is 18.4 Å². The summed E-state index contributed by atoms with van der Waals surface area (Å²) < 4.78 is 1.21. The van der Waals surface area contributed by atoms with Crippen molar-refractivity contribution in [2.45, 2.75) is 45.7 Å². The van der Waals surface area contributed by atoms with Gasteiger partial charge in [-0.15, -0.1) is 0 Å². The molecule has 0 amide bonds. The van der Waals surface area contributed by atoms with Gasteiger partial charge in [0.1, 0.15) is 0 Å². The number of nitrogens with one attached hydrogen (secondary N) is 1. The van der Waals surface area contributed by atoms with Gasteiger partial charge in [0, 0.05) is 17.1 Å². The summed E-state index contributed by atoms with van der Waals surface area (Å²) in [5.41, 5.74) is 1.36. The van der Waals surface area contributed by atoms with E-state index in [1.54, 1.807) is 0 Å². The van der Waals surface area contributed by atoms with Crippen molar-refractivity contribution in [2.24, 2.45) is 11.8 Å². The third-order valence-corrected chi connectivity index (χ3v) is 4.91. The Balaban J connectivity index is 1.85. The van der Waals surface area contributed by atoms with Crippen molar-refractivity contribution >= 4 is 15.9 Å². The Bertz CT molecular complexity index is 364. The van der Waals surface area contributed by atoms with E-state index < -0.39 is 0 Å². The van der Waals surface area contributed by atoms with Crippen LogP contribution in [0, 0.1) is 11.8 Å². The van der Waals surface area contributed by atoms with Gasteiger partial charge in [-0.1, -0.05) is 48.0 Å². The lowest BCUT2D eigenvalue weighted by molar-refractivity contribution is 0.225. The first kappa shape index (κ1) is 13.1. The number of rotatable bonds is 3. The predicted molar refractivity (Wildman–Crippen MR) is 76.9 cm³/mol. The van der Waals surface area contributed by atoms with E-state index in [4.69, 9.17) is 0 Å². The summed E-state index contributed by atoms with van der Waals surface area (Å²) in [7, 11) is 0. The number of benzene rings is 1. The van der Waals surface area contributed by atoms with E-state index in [-0.39, 0.29) is 0 Å². The van der Waals surface area contributed by atoms with Crippen LogP contribution in [-0.4, -0.2) is 6.04 Å². The Labute approximate surface area is 113 Å². The lowest BCUT2D eigenvalue weighted by Gasteiger charge is -2.32. The van der Waals surface area contributed by atoms with Gasteiger partial charge >= 0.3 is 0 Å². The standard InChI is InChI=1S/C15H22BrN/c1-11-7-8-14(9-12(11)2)17-10-13-5-3-4-6-15(13)16/h3-6,11-12,14,17H,7-10H2,1-2H3. The fourth-order valence-electron chi connectivity index (χ4n) is 2.63. The molecule has 94 valence electrons. The Hall–Kier alpha value is -0.340. The molecule has 0 spiro atoms. The zero-order chi connectivity index (χ0) is 12.3. The Morgan fingerprint density at radius 3 is 2.65 bits per heavy atom. The van der Waals surface area contributed by atoms with E-state index in [1.807, 2.05) is 0 Å². The van der Waals surface area contributed by atoms with Crippen LogP contribution in [0.2, 0.25) is 0 Å². The van der Waals surface area contributed by atoms with Crippen LogP contribution in [0.3, 0.4) is 0 Å². The first-order chi connectivity index (χ1) is 8.16. The lowest BCUT2D eigenvalue weighted by atomic mass is 9.79. The zero-order valence-electron chi connectivity index (χ0n) is 10.7. The third-order valence-electron chi connectivity index (χ3n) is 4.14. The van der Waals surface area contributed by atoms with Gasteiger partial charge in [0.2, 0.25) is 0 Å². The normalized spacial score (nSPS) is 29.2. The van der Waals surface area contributed by atoms with Gasteiger partial charge in [0.25, 0.3) is 0 Å². The SMILES string of the molecule is CC1CCC(NCc2ccccc2Br)CC1C. The Morgan fingerprint density at radius 1 is 1.18 bits per heavy atom. The largest absolute Gasteiger partial charge is 0.310 e. The lowest BCUT2D eigenvalue weighted by Crippen LogP contribution is -2.35. The molecular formula is C15H22BrN. The molecule has 0 bridgehead atoms. The van der Waals surface area contributed by atoms with E-state index >= 15 is 0 Å². The van der Waals surface area contributed by atoms with Crippen molar-refractivity contribution < 1.29 is 0 Å². The summed E-state index contributed by atoms with van der Waals surface area (Å²) in [5, 5.41) is 3.70. The molecule has 2 heteroatoms. The second-order valence-corrected chi connectivity index (χ2v) is 6.29. The molecule has 1 aliphatic rings. The van der Waals surface area contributed by atoms with E-state index in [2.05, 4.69) is 59.4 Å². The van der Waals surface area contributed by atoms with Crippen LogP contribution in [0.4, 0.5) is 0 Å². The number of halogens is 1. The molecule has 1 aromatic rings. The summed E-state index contributed by atoms with van der Waals surface area (Å²) in [6.45, 7) is 5.75. The summed E-state index contributed by atoms with van der Waals surface area (Å²) >= 11 is 3.60. The molecule has 3 unspecified atom stereocenters. The van der Waals surface area contributed by atoms with Crippen molar-refractivity contribution in [3.05, 3.63) is 34.3 Å². The molecule has 1 N–H and O–H groups in total. The maximum atomic E-state index is 3.70. The van der Waals surface area contributed by atoms with Gasteiger partial charge in [-0.3, -0.25) is 0 Å². The summed E-state index contributed by atoms with van der Waals surface area (Å²) in [4.78, 5) is 0.